The summed E-state index contributed by atoms with van der Waals surface area (Å²) >= 11 is 5.10. The van der Waals surface area contributed by atoms with Crippen molar-refractivity contribution in [3.8, 4) is 0 Å². The Kier molecular flexibility index (Phi) is 5.70. The van der Waals surface area contributed by atoms with Gasteiger partial charge in [-0.15, -0.1) is 0 Å². The molecule has 2 unspecified atom stereocenters. The van der Waals surface area contributed by atoms with E-state index >= 15 is 0 Å². The molecular weight excluding hydrogens is 284 g/mol. The third-order valence-corrected chi connectivity index (χ3v) is 4.33. The maximum absolute atomic E-state index is 12.8. The van der Waals surface area contributed by atoms with Gasteiger partial charge in [0.05, 0.1) is 23.6 Å². The van der Waals surface area contributed by atoms with Crippen molar-refractivity contribution < 1.29 is 9.90 Å². The summed E-state index contributed by atoms with van der Waals surface area (Å²) in [6, 6.07) is 9.66. The lowest BCUT2D eigenvalue weighted by molar-refractivity contribution is -0.138. The monoisotopic (exact) mass is 306 g/mol. The molecule has 5 heteroatoms. The Labute approximate surface area is 130 Å². The van der Waals surface area contributed by atoms with Gasteiger partial charge in [-0.3, -0.25) is 4.79 Å². The van der Waals surface area contributed by atoms with Crippen molar-refractivity contribution in [2.24, 2.45) is 11.7 Å². The average molecular weight is 306 g/mol. The molecule has 2 atom stereocenters. The normalized spacial score (nSPS) is 20.0. The highest BCUT2D eigenvalue weighted by atomic mass is 32.1. The number of aliphatic hydroxyl groups excluding tert-OH is 1. The van der Waals surface area contributed by atoms with Crippen LogP contribution in [0.1, 0.15) is 24.8 Å². The number of nitrogens with two attached hydrogens (primary N) is 1. The molecule has 1 amide bonds. The molecule has 114 valence electrons. The van der Waals surface area contributed by atoms with E-state index in [9.17, 15) is 9.90 Å². The van der Waals surface area contributed by atoms with Crippen LogP contribution in [-0.2, 0) is 11.2 Å². The topological polar surface area (TPSA) is 66.6 Å². The highest BCUT2D eigenvalue weighted by Crippen LogP contribution is 2.21. The molecule has 0 aliphatic carbocycles. The number of carbonyl (C=O) groups is 1. The number of benzene rings is 1. The fourth-order valence-corrected chi connectivity index (χ4v) is 3.02. The van der Waals surface area contributed by atoms with Gasteiger partial charge in [0.15, 0.2) is 0 Å². The van der Waals surface area contributed by atoms with Gasteiger partial charge in [-0.05, 0) is 31.2 Å². The molecule has 1 aromatic rings. The first kappa shape index (κ1) is 15.9. The summed E-state index contributed by atoms with van der Waals surface area (Å²) in [5.74, 6) is -0.542. The molecule has 1 fully saturated rings. The van der Waals surface area contributed by atoms with E-state index in [-0.39, 0.29) is 23.5 Å². The molecule has 1 saturated heterocycles. The van der Waals surface area contributed by atoms with E-state index in [1.54, 1.807) is 4.90 Å². The second kappa shape index (κ2) is 7.52. The molecule has 1 aliphatic heterocycles. The maximum Gasteiger partial charge on any atom is 0.233 e. The summed E-state index contributed by atoms with van der Waals surface area (Å²) in [4.78, 5) is 14.7. The van der Waals surface area contributed by atoms with E-state index < -0.39 is 5.92 Å². The third-order valence-electron chi connectivity index (χ3n) is 4.05. The first-order chi connectivity index (χ1) is 10.1. The van der Waals surface area contributed by atoms with Crippen LogP contribution in [0.2, 0.25) is 0 Å². The van der Waals surface area contributed by atoms with Gasteiger partial charge in [-0.2, -0.15) is 0 Å². The predicted octanol–water partition coefficient (Wildman–Crippen LogP) is 1.50. The van der Waals surface area contributed by atoms with Crippen LogP contribution < -0.4 is 5.73 Å². The number of hydrogen-bond acceptors (Lipinski definition) is 3. The van der Waals surface area contributed by atoms with Crippen LogP contribution in [0, 0.1) is 5.92 Å². The standard InChI is InChI=1S/C16H22N2O2S/c17-15(21)14(10-12-6-2-1-3-7-12)16(20)18-9-5-4-8-13(18)11-19/h1-3,6-7,13-14,19H,4-5,8-11H2,(H2,17,21). The molecule has 0 bridgehead atoms. The lowest BCUT2D eigenvalue weighted by Gasteiger charge is -2.36. The van der Waals surface area contributed by atoms with Crippen LogP contribution in [-0.4, -0.2) is 40.1 Å². The van der Waals surface area contributed by atoms with Gasteiger partial charge in [-0.25, -0.2) is 0 Å². The number of likely N-dealkylation sites (tertiary alicyclic amines) is 1. The number of hydrogen-bond donors (Lipinski definition) is 2. The summed E-state index contributed by atoms with van der Waals surface area (Å²) in [7, 11) is 0. The molecule has 21 heavy (non-hydrogen) atoms. The fourth-order valence-electron chi connectivity index (χ4n) is 2.84. The first-order valence-electron chi connectivity index (χ1n) is 7.38. The van der Waals surface area contributed by atoms with Crippen LogP contribution in [0.4, 0.5) is 0 Å². The Morgan fingerprint density at radius 3 is 2.71 bits per heavy atom. The molecule has 0 spiro atoms. The van der Waals surface area contributed by atoms with Crippen molar-refractivity contribution in [3.63, 3.8) is 0 Å². The van der Waals surface area contributed by atoms with E-state index in [1.807, 2.05) is 30.3 Å². The Morgan fingerprint density at radius 1 is 1.38 bits per heavy atom. The van der Waals surface area contributed by atoms with E-state index in [0.29, 0.717) is 13.0 Å². The quantitative estimate of drug-likeness (QED) is 0.809. The number of amides is 1. The third kappa shape index (κ3) is 4.02. The molecule has 1 heterocycles. The number of carbonyl (C=O) groups excluding carboxylic acids is 1. The van der Waals surface area contributed by atoms with Crippen LogP contribution in [0.3, 0.4) is 0 Å². The zero-order valence-electron chi connectivity index (χ0n) is 12.1. The van der Waals surface area contributed by atoms with Crippen LogP contribution in [0.15, 0.2) is 30.3 Å². The minimum absolute atomic E-state index is 0.00112. The molecule has 2 rings (SSSR count). The summed E-state index contributed by atoms with van der Waals surface area (Å²) in [6.45, 7) is 0.680. The number of thiocarbonyl (C=S) groups is 1. The summed E-state index contributed by atoms with van der Waals surface area (Å²) in [6.07, 6.45) is 3.38. The van der Waals surface area contributed by atoms with Gasteiger partial charge >= 0.3 is 0 Å². The lowest BCUT2D eigenvalue weighted by Crippen LogP contribution is -2.50. The second-order valence-corrected chi connectivity index (χ2v) is 5.98. The van der Waals surface area contributed by atoms with Gasteiger partial charge in [0.25, 0.3) is 0 Å². The highest BCUT2D eigenvalue weighted by molar-refractivity contribution is 7.80. The van der Waals surface area contributed by atoms with E-state index in [0.717, 1.165) is 24.8 Å². The molecule has 4 nitrogen and oxygen atoms in total. The van der Waals surface area contributed by atoms with Gasteiger partial charge in [0.2, 0.25) is 5.91 Å². The van der Waals surface area contributed by atoms with Crippen LogP contribution in [0.25, 0.3) is 0 Å². The van der Waals surface area contributed by atoms with Crippen LogP contribution >= 0.6 is 12.2 Å². The van der Waals surface area contributed by atoms with Crippen molar-refractivity contribution in [1.29, 1.82) is 0 Å². The molecular formula is C16H22N2O2S. The predicted molar refractivity (Wildman–Crippen MR) is 86.9 cm³/mol. The maximum atomic E-state index is 12.8. The Bertz CT molecular complexity index is 492. The lowest BCUT2D eigenvalue weighted by atomic mass is 9.94. The van der Waals surface area contributed by atoms with E-state index in [1.165, 1.54) is 0 Å². The minimum Gasteiger partial charge on any atom is -0.394 e. The number of rotatable bonds is 5. The molecule has 0 radical (unpaired) electrons. The summed E-state index contributed by atoms with van der Waals surface area (Å²) in [5, 5.41) is 9.46. The first-order valence-corrected chi connectivity index (χ1v) is 7.79. The van der Waals surface area contributed by atoms with Gasteiger partial charge < -0.3 is 15.7 Å². The number of nitrogens with zero attached hydrogens (tertiary/aromatic N) is 1. The van der Waals surface area contributed by atoms with Gasteiger partial charge in [0.1, 0.15) is 0 Å². The largest absolute Gasteiger partial charge is 0.394 e. The number of aliphatic hydroxyl groups is 1. The second-order valence-electron chi connectivity index (χ2n) is 5.51. The summed E-state index contributed by atoms with van der Waals surface area (Å²) in [5.41, 5.74) is 6.84. The van der Waals surface area contributed by atoms with Crippen LogP contribution in [0.5, 0.6) is 0 Å². The average Bonchev–Trinajstić information content (AvgIpc) is 2.52. The molecule has 1 aromatic carbocycles. The molecule has 0 saturated carbocycles. The van der Waals surface area contributed by atoms with Crippen molar-refractivity contribution >= 4 is 23.1 Å². The smallest absolute Gasteiger partial charge is 0.233 e. The Balaban J connectivity index is 2.13. The van der Waals surface area contributed by atoms with Gasteiger partial charge in [0, 0.05) is 6.54 Å². The van der Waals surface area contributed by atoms with Crippen molar-refractivity contribution in [1.82, 2.24) is 4.90 Å². The van der Waals surface area contributed by atoms with Crippen molar-refractivity contribution in [2.75, 3.05) is 13.2 Å². The minimum atomic E-state index is -0.491. The molecule has 1 aliphatic rings. The van der Waals surface area contributed by atoms with Crippen molar-refractivity contribution in [3.05, 3.63) is 35.9 Å². The number of piperidine rings is 1. The fraction of sp³-hybridized carbons (Fsp3) is 0.500. The Hall–Kier alpha value is -1.46. The summed E-state index contributed by atoms with van der Waals surface area (Å²) < 4.78 is 0. The Morgan fingerprint density at radius 2 is 2.10 bits per heavy atom. The molecule has 3 N–H and O–H groups in total. The molecule has 0 aromatic heterocycles. The van der Waals surface area contributed by atoms with Crippen molar-refractivity contribution in [2.45, 2.75) is 31.7 Å². The zero-order chi connectivity index (χ0) is 15.2. The SMILES string of the molecule is NC(=S)C(Cc1ccccc1)C(=O)N1CCCCC1CO. The highest BCUT2D eigenvalue weighted by Gasteiger charge is 2.32. The van der Waals surface area contributed by atoms with E-state index in [2.05, 4.69) is 0 Å². The van der Waals surface area contributed by atoms with Gasteiger partial charge in [-0.1, -0.05) is 42.5 Å². The van der Waals surface area contributed by atoms with E-state index in [4.69, 9.17) is 18.0 Å². The zero-order valence-corrected chi connectivity index (χ0v) is 12.9.